The lowest BCUT2D eigenvalue weighted by Crippen LogP contribution is -2.45. The zero-order valence-electron chi connectivity index (χ0n) is 10.2. The van der Waals surface area contributed by atoms with Crippen molar-refractivity contribution in [3.05, 3.63) is 0 Å². The van der Waals surface area contributed by atoms with Gasteiger partial charge in [0.2, 0.25) is 5.91 Å². The minimum absolute atomic E-state index is 0.174. The van der Waals surface area contributed by atoms with Crippen molar-refractivity contribution in [3.63, 3.8) is 0 Å². The molecule has 0 aromatic carbocycles. The normalized spacial score (nSPS) is 14.4. The van der Waals surface area contributed by atoms with E-state index in [1.807, 2.05) is 5.32 Å². The van der Waals surface area contributed by atoms with Gasteiger partial charge < -0.3 is 21.3 Å². The molecule has 0 aliphatic carbocycles. The molecule has 10 heteroatoms. The third-order valence-corrected chi connectivity index (χ3v) is 3.04. The van der Waals surface area contributed by atoms with Crippen molar-refractivity contribution in [2.24, 2.45) is 5.73 Å². The molecular weight excluding hydrogens is 280 g/mol. The Bertz CT molecular complexity index is 459. The maximum atomic E-state index is 11.4. The van der Waals surface area contributed by atoms with Crippen LogP contribution in [0.4, 0.5) is 0 Å². The fourth-order valence-electron chi connectivity index (χ4n) is 1.15. The molecule has 110 valence electrons. The van der Waals surface area contributed by atoms with Crippen LogP contribution in [0.25, 0.3) is 0 Å². The average molecular weight is 296 g/mol. The van der Waals surface area contributed by atoms with E-state index in [0.717, 1.165) is 6.26 Å². The SMILES string of the molecule is CS(=O)(=O)C[C@H](NC(=O)CC[C@H](N)C(=O)O)C(=O)O. The zero-order valence-corrected chi connectivity index (χ0v) is 11.0. The van der Waals surface area contributed by atoms with E-state index >= 15 is 0 Å². The summed E-state index contributed by atoms with van der Waals surface area (Å²) in [5.74, 6) is -4.27. The molecule has 0 fully saturated rings. The molecule has 2 atom stereocenters. The fraction of sp³-hybridized carbons (Fsp3) is 0.667. The largest absolute Gasteiger partial charge is 0.480 e. The molecule has 0 heterocycles. The van der Waals surface area contributed by atoms with Crippen molar-refractivity contribution in [1.29, 1.82) is 0 Å². The van der Waals surface area contributed by atoms with Crippen molar-refractivity contribution < 1.29 is 33.0 Å². The predicted molar refractivity (Wildman–Crippen MR) is 64.1 cm³/mol. The van der Waals surface area contributed by atoms with E-state index in [9.17, 15) is 22.8 Å². The Labute approximate surface area is 109 Å². The van der Waals surface area contributed by atoms with Crippen LogP contribution in [-0.2, 0) is 24.2 Å². The fourth-order valence-corrected chi connectivity index (χ4v) is 1.99. The van der Waals surface area contributed by atoms with Crippen LogP contribution in [0.5, 0.6) is 0 Å². The summed E-state index contributed by atoms with van der Waals surface area (Å²) in [6, 6.07) is -2.80. The van der Waals surface area contributed by atoms with Gasteiger partial charge in [-0.15, -0.1) is 0 Å². The van der Waals surface area contributed by atoms with Crippen LogP contribution in [0.1, 0.15) is 12.8 Å². The van der Waals surface area contributed by atoms with E-state index in [0.29, 0.717) is 0 Å². The van der Waals surface area contributed by atoms with Gasteiger partial charge in [0.1, 0.15) is 21.9 Å². The van der Waals surface area contributed by atoms with Crippen LogP contribution < -0.4 is 11.1 Å². The number of nitrogens with two attached hydrogens (primary N) is 1. The van der Waals surface area contributed by atoms with Crippen LogP contribution in [0.2, 0.25) is 0 Å². The third-order valence-electron chi connectivity index (χ3n) is 2.10. The molecule has 0 radical (unpaired) electrons. The van der Waals surface area contributed by atoms with E-state index in [4.69, 9.17) is 15.9 Å². The van der Waals surface area contributed by atoms with Gasteiger partial charge in [0, 0.05) is 12.7 Å². The van der Waals surface area contributed by atoms with Crippen LogP contribution in [0.15, 0.2) is 0 Å². The topological polar surface area (TPSA) is 164 Å². The van der Waals surface area contributed by atoms with Crippen LogP contribution >= 0.6 is 0 Å². The smallest absolute Gasteiger partial charge is 0.327 e. The van der Waals surface area contributed by atoms with E-state index < -0.39 is 45.5 Å². The van der Waals surface area contributed by atoms with E-state index in [-0.39, 0.29) is 12.8 Å². The number of carbonyl (C=O) groups is 3. The zero-order chi connectivity index (χ0) is 15.2. The Morgan fingerprint density at radius 1 is 1.21 bits per heavy atom. The maximum absolute atomic E-state index is 11.4. The Morgan fingerprint density at radius 3 is 2.11 bits per heavy atom. The Hall–Kier alpha value is -1.68. The molecule has 0 saturated heterocycles. The molecule has 0 bridgehead atoms. The minimum atomic E-state index is -3.57. The average Bonchev–Trinajstić information content (AvgIpc) is 2.22. The van der Waals surface area contributed by atoms with Crippen molar-refractivity contribution in [2.45, 2.75) is 24.9 Å². The first-order valence-corrected chi connectivity index (χ1v) is 7.27. The van der Waals surface area contributed by atoms with Gasteiger partial charge in [0.25, 0.3) is 0 Å². The van der Waals surface area contributed by atoms with E-state index in [1.165, 1.54) is 0 Å². The van der Waals surface area contributed by atoms with Gasteiger partial charge in [-0.3, -0.25) is 9.59 Å². The lowest BCUT2D eigenvalue weighted by atomic mass is 10.1. The van der Waals surface area contributed by atoms with Gasteiger partial charge in [-0.25, -0.2) is 13.2 Å². The maximum Gasteiger partial charge on any atom is 0.327 e. The molecule has 0 aliphatic rings. The molecule has 0 rings (SSSR count). The van der Waals surface area contributed by atoms with Gasteiger partial charge >= 0.3 is 11.9 Å². The highest BCUT2D eigenvalue weighted by molar-refractivity contribution is 7.90. The summed E-state index contributed by atoms with van der Waals surface area (Å²) in [5.41, 5.74) is 5.17. The standard InChI is InChI=1S/C9H16N2O7S/c1-19(17,18)4-6(9(15)16)11-7(12)3-2-5(10)8(13)14/h5-6H,2-4,10H2,1H3,(H,11,12)(H,13,14)(H,15,16)/t5-,6-/m0/s1. The molecule has 0 aliphatic heterocycles. The lowest BCUT2D eigenvalue weighted by Gasteiger charge is -2.14. The number of amides is 1. The molecule has 0 aromatic heterocycles. The predicted octanol–water partition coefficient (Wildman–Crippen LogP) is -2.21. The molecule has 9 nitrogen and oxygen atoms in total. The minimum Gasteiger partial charge on any atom is -0.480 e. The van der Waals surface area contributed by atoms with E-state index in [2.05, 4.69) is 0 Å². The molecular formula is C9H16N2O7S. The highest BCUT2D eigenvalue weighted by atomic mass is 32.2. The Morgan fingerprint density at radius 2 is 1.74 bits per heavy atom. The molecule has 5 N–H and O–H groups in total. The highest BCUT2D eigenvalue weighted by Gasteiger charge is 2.24. The third kappa shape index (κ3) is 8.11. The number of sulfone groups is 1. The molecule has 0 spiro atoms. The first-order chi connectivity index (χ1) is 8.53. The quantitative estimate of drug-likeness (QED) is 0.391. The number of hydrogen-bond donors (Lipinski definition) is 4. The Balaban J connectivity index is 4.41. The number of nitrogens with one attached hydrogen (secondary N) is 1. The number of hydrogen-bond acceptors (Lipinski definition) is 6. The number of rotatable bonds is 8. The number of carbonyl (C=O) groups excluding carboxylic acids is 1. The second kappa shape index (κ2) is 7.04. The summed E-state index contributed by atoms with van der Waals surface area (Å²) < 4.78 is 21.9. The van der Waals surface area contributed by atoms with Gasteiger partial charge in [-0.1, -0.05) is 0 Å². The summed E-state index contributed by atoms with van der Waals surface area (Å²) in [6.45, 7) is 0. The monoisotopic (exact) mass is 296 g/mol. The second-order valence-corrected chi connectivity index (χ2v) is 6.22. The first kappa shape index (κ1) is 17.3. The molecule has 0 saturated carbocycles. The van der Waals surface area contributed by atoms with Gasteiger partial charge in [-0.05, 0) is 6.42 Å². The lowest BCUT2D eigenvalue weighted by molar-refractivity contribution is -0.141. The molecule has 0 unspecified atom stereocenters. The van der Waals surface area contributed by atoms with E-state index in [1.54, 1.807) is 0 Å². The van der Waals surface area contributed by atoms with Crippen molar-refractivity contribution >= 4 is 27.7 Å². The van der Waals surface area contributed by atoms with Gasteiger partial charge in [0.15, 0.2) is 0 Å². The van der Waals surface area contributed by atoms with Crippen molar-refractivity contribution in [2.75, 3.05) is 12.0 Å². The van der Waals surface area contributed by atoms with Gasteiger partial charge in [-0.2, -0.15) is 0 Å². The molecule has 1 amide bonds. The number of aliphatic carboxylic acids is 2. The van der Waals surface area contributed by atoms with Gasteiger partial charge in [0.05, 0.1) is 5.75 Å². The summed E-state index contributed by atoms with van der Waals surface area (Å²) in [4.78, 5) is 32.5. The summed E-state index contributed by atoms with van der Waals surface area (Å²) in [5, 5.41) is 19.2. The Kier molecular flexibility index (Phi) is 6.42. The first-order valence-electron chi connectivity index (χ1n) is 5.21. The summed E-state index contributed by atoms with van der Waals surface area (Å²) >= 11 is 0. The van der Waals surface area contributed by atoms with Crippen molar-refractivity contribution in [1.82, 2.24) is 5.32 Å². The highest BCUT2D eigenvalue weighted by Crippen LogP contribution is 1.98. The molecule has 0 aromatic rings. The van der Waals surface area contributed by atoms with Crippen LogP contribution in [0, 0.1) is 0 Å². The molecule has 19 heavy (non-hydrogen) atoms. The van der Waals surface area contributed by atoms with Crippen molar-refractivity contribution in [3.8, 4) is 0 Å². The second-order valence-electron chi connectivity index (χ2n) is 4.03. The summed E-state index contributed by atoms with van der Waals surface area (Å²) in [6.07, 6.45) is 0.364. The number of carboxylic acids is 2. The number of carboxylic acid groups (broad SMARTS) is 2. The van der Waals surface area contributed by atoms with Crippen LogP contribution in [-0.4, -0.2) is 60.6 Å². The summed E-state index contributed by atoms with van der Waals surface area (Å²) in [7, 11) is -3.57. The van der Waals surface area contributed by atoms with Crippen LogP contribution in [0.3, 0.4) is 0 Å².